The van der Waals surface area contributed by atoms with Crippen LogP contribution in [-0.2, 0) is 4.79 Å². The maximum Gasteiger partial charge on any atom is 0.209 e. The van der Waals surface area contributed by atoms with Crippen LogP contribution in [0.15, 0.2) is 0 Å². The molecule has 1 amide bonds. The third kappa shape index (κ3) is 8.51. The number of carbonyl (C=O) groups is 1. The van der Waals surface area contributed by atoms with Gasteiger partial charge in [0, 0.05) is 25.7 Å². The second-order valence-electron chi connectivity index (χ2n) is 6.44. The van der Waals surface area contributed by atoms with Gasteiger partial charge >= 0.3 is 0 Å². The van der Waals surface area contributed by atoms with Crippen LogP contribution in [0.4, 0.5) is 0 Å². The SMILES string of the molecule is CC(C)C.CC(C)CN(C)C1CCN(C=O)CC1. The minimum absolute atomic E-state index is 0.675. The summed E-state index contributed by atoms with van der Waals surface area (Å²) in [5, 5.41) is 0. The first-order valence-electron chi connectivity index (χ1n) is 7.26. The van der Waals surface area contributed by atoms with Crippen LogP contribution in [0.1, 0.15) is 47.5 Å². The summed E-state index contributed by atoms with van der Waals surface area (Å²) >= 11 is 0. The molecule has 108 valence electrons. The molecule has 0 aliphatic carbocycles. The predicted molar refractivity (Wildman–Crippen MR) is 78.6 cm³/mol. The van der Waals surface area contributed by atoms with Gasteiger partial charge in [-0.3, -0.25) is 4.79 Å². The van der Waals surface area contributed by atoms with Crippen molar-refractivity contribution in [2.45, 2.75) is 53.5 Å². The highest BCUT2D eigenvalue weighted by Gasteiger charge is 2.21. The summed E-state index contributed by atoms with van der Waals surface area (Å²) in [6, 6.07) is 0.675. The Balaban J connectivity index is 0.000000631. The van der Waals surface area contributed by atoms with Crippen LogP contribution < -0.4 is 0 Å². The van der Waals surface area contributed by atoms with Gasteiger partial charge in [-0.25, -0.2) is 0 Å². The molecule has 1 aliphatic heterocycles. The summed E-state index contributed by atoms with van der Waals surface area (Å²) in [6.07, 6.45) is 3.22. The van der Waals surface area contributed by atoms with Gasteiger partial charge in [-0.2, -0.15) is 0 Å². The van der Waals surface area contributed by atoms with E-state index in [0.717, 1.165) is 50.7 Å². The van der Waals surface area contributed by atoms with Crippen molar-refractivity contribution in [1.29, 1.82) is 0 Å². The van der Waals surface area contributed by atoms with Gasteiger partial charge in [-0.15, -0.1) is 0 Å². The summed E-state index contributed by atoms with van der Waals surface area (Å²) in [6.45, 7) is 14.0. The van der Waals surface area contributed by atoms with Gasteiger partial charge in [-0.05, 0) is 31.7 Å². The van der Waals surface area contributed by atoms with Gasteiger partial charge in [0.05, 0.1) is 0 Å². The molecule has 3 heteroatoms. The van der Waals surface area contributed by atoms with Crippen molar-refractivity contribution in [2.75, 3.05) is 26.7 Å². The Labute approximate surface area is 114 Å². The molecule has 3 nitrogen and oxygen atoms in total. The van der Waals surface area contributed by atoms with E-state index in [4.69, 9.17) is 0 Å². The van der Waals surface area contributed by atoms with E-state index >= 15 is 0 Å². The van der Waals surface area contributed by atoms with Crippen molar-refractivity contribution >= 4 is 6.41 Å². The molecule has 0 spiro atoms. The Morgan fingerprint density at radius 3 is 1.94 bits per heavy atom. The largest absolute Gasteiger partial charge is 0.345 e. The molecule has 1 rings (SSSR count). The Hall–Kier alpha value is -0.570. The second kappa shape index (κ2) is 9.37. The van der Waals surface area contributed by atoms with Crippen LogP contribution in [0.3, 0.4) is 0 Å². The first-order chi connectivity index (χ1) is 8.36. The van der Waals surface area contributed by atoms with E-state index in [0.29, 0.717) is 6.04 Å². The van der Waals surface area contributed by atoms with Gasteiger partial charge in [0.25, 0.3) is 0 Å². The highest BCUT2D eigenvalue weighted by atomic mass is 16.1. The molecular weight excluding hydrogens is 224 g/mol. The zero-order chi connectivity index (χ0) is 14.1. The van der Waals surface area contributed by atoms with Gasteiger partial charge in [0.2, 0.25) is 6.41 Å². The molecule has 0 bridgehead atoms. The Morgan fingerprint density at radius 2 is 1.61 bits per heavy atom. The third-order valence-electron chi connectivity index (χ3n) is 2.92. The number of rotatable bonds is 4. The fraction of sp³-hybridized carbons (Fsp3) is 0.933. The van der Waals surface area contributed by atoms with Crippen molar-refractivity contribution in [3.05, 3.63) is 0 Å². The summed E-state index contributed by atoms with van der Waals surface area (Å²) in [5.41, 5.74) is 0. The number of nitrogens with zero attached hydrogens (tertiary/aromatic N) is 2. The first-order valence-corrected chi connectivity index (χ1v) is 7.26. The number of carbonyl (C=O) groups excluding carboxylic acids is 1. The molecule has 1 aliphatic rings. The molecule has 0 radical (unpaired) electrons. The number of hydrogen-bond donors (Lipinski definition) is 0. The molecule has 1 saturated heterocycles. The molecule has 0 aromatic heterocycles. The molecule has 0 atom stereocenters. The lowest BCUT2D eigenvalue weighted by Gasteiger charge is -2.35. The minimum Gasteiger partial charge on any atom is -0.345 e. The molecule has 0 saturated carbocycles. The van der Waals surface area contributed by atoms with Crippen molar-refractivity contribution in [1.82, 2.24) is 9.80 Å². The van der Waals surface area contributed by atoms with Crippen LogP contribution in [0, 0.1) is 11.8 Å². The first kappa shape index (κ1) is 17.4. The predicted octanol–water partition coefficient (Wildman–Crippen LogP) is 2.86. The van der Waals surface area contributed by atoms with Crippen molar-refractivity contribution in [3.63, 3.8) is 0 Å². The molecule has 1 fully saturated rings. The smallest absolute Gasteiger partial charge is 0.209 e. The van der Waals surface area contributed by atoms with E-state index in [9.17, 15) is 4.79 Å². The van der Waals surface area contributed by atoms with Crippen molar-refractivity contribution in [2.24, 2.45) is 11.8 Å². The van der Waals surface area contributed by atoms with Gasteiger partial charge in [-0.1, -0.05) is 34.6 Å². The maximum atomic E-state index is 10.5. The van der Waals surface area contributed by atoms with E-state index in [1.165, 1.54) is 0 Å². The lowest BCUT2D eigenvalue weighted by molar-refractivity contribution is -0.119. The van der Waals surface area contributed by atoms with E-state index in [2.05, 4.69) is 46.6 Å². The fourth-order valence-corrected chi connectivity index (χ4v) is 2.16. The Bertz CT molecular complexity index is 206. The van der Waals surface area contributed by atoms with Gasteiger partial charge < -0.3 is 9.80 Å². The average molecular weight is 256 g/mol. The standard InChI is InChI=1S/C11H22N2O.C4H10/c1-10(2)8-12(3)11-4-6-13(9-14)7-5-11;1-4(2)3/h9-11H,4-8H2,1-3H3;4H,1-3H3. The molecule has 0 aromatic rings. The summed E-state index contributed by atoms with van der Waals surface area (Å²) in [5.74, 6) is 1.56. The minimum atomic E-state index is 0.675. The Kier molecular flexibility index (Phi) is 9.08. The molecule has 18 heavy (non-hydrogen) atoms. The molecule has 0 unspecified atom stereocenters. The van der Waals surface area contributed by atoms with Crippen LogP contribution >= 0.6 is 0 Å². The van der Waals surface area contributed by atoms with E-state index in [1.807, 2.05) is 4.90 Å². The zero-order valence-electron chi connectivity index (χ0n) is 13.1. The maximum absolute atomic E-state index is 10.5. The highest BCUT2D eigenvalue weighted by molar-refractivity contribution is 5.47. The van der Waals surface area contributed by atoms with Crippen LogP contribution in [-0.4, -0.2) is 48.9 Å². The van der Waals surface area contributed by atoms with Crippen LogP contribution in [0.2, 0.25) is 0 Å². The molecule has 0 aromatic carbocycles. The molecule has 0 N–H and O–H groups in total. The van der Waals surface area contributed by atoms with E-state index in [1.54, 1.807) is 0 Å². The summed E-state index contributed by atoms with van der Waals surface area (Å²) in [7, 11) is 2.20. The molecular formula is C15H32N2O. The summed E-state index contributed by atoms with van der Waals surface area (Å²) in [4.78, 5) is 14.8. The third-order valence-corrected chi connectivity index (χ3v) is 2.92. The number of piperidine rings is 1. The van der Waals surface area contributed by atoms with E-state index in [-0.39, 0.29) is 0 Å². The quantitative estimate of drug-likeness (QED) is 0.722. The monoisotopic (exact) mass is 256 g/mol. The van der Waals surface area contributed by atoms with Crippen molar-refractivity contribution in [3.8, 4) is 0 Å². The average Bonchev–Trinajstić information content (AvgIpc) is 2.27. The summed E-state index contributed by atoms with van der Waals surface area (Å²) < 4.78 is 0. The normalized spacial score (nSPS) is 17.1. The Morgan fingerprint density at radius 1 is 1.17 bits per heavy atom. The van der Waals surface area contributed by atoms with Gasteiger partial charge in [0.1, 0.15) is 0 Å². The fourth-order valence-electron chi connectivity index (χ4n) is 2.16. The van der Waals surface area contributed by atoms with Gasteiger partial charge in [0.15, 0.2) is 0 Å². The van der Waals surface area contributed by atoms with E-state index < -0.39 is 0 Å². The lowest BCUT2D eigenvalue weighted by atomic mass is 10.0. The van der Waals surface area contributed by atoms with Crippen molar-refractivity contribution < 1.29 is 4.79 Å². The lowest BCUT2D eigenvalue weighted by Crippen LogP contribution is -2.43. The topological polar surface area (TPSA) is 23.6 Å². The number of amides is 1. The van der Waals surface area contributed by atoms with Crippen LogP contribution in [0.5, 0.6) is 0 Å². The second-order valence-corrected chi connectivity index (χ2v) is 6.44. The highest BCUT2D eigenvalue weighted by Crippen LogP contribution is 2.15. The number of hydrogen-bond acceptors (Lipinski definition) is 2. The zero-order valence-corrected chi connectivity index (χ0v) is 13.1. The molecule has 1 heterocycles. The number of likely N-dealkylation sites (tertiary alicyclic amines) is 1. The van der Waals surface area contributed by atoms with Crippen LogP contribution in [0.25, 0.3) is 0 Å².